The highest BCUT2D eigenvalue weighted by Crippen LogP contribution is 2.21. The Bertz CT molecular complexity index is 614. The molecule has 0 bridgehead atoms. The highest BCUT2D eigenvalue weighted by molar-refractivity contribution is 7.92. The van der Waals surface area contributed by atoms with E-state index >= 15 is 0 Å². The number of carboxylic acids is 1. The van der Waals surface area contributed by atoms with Crippen LogP contribution in [0.15, 0.2) is 18.3 Å². The molecule has 0 aromatic carbocycles. The second-order valence-corrected chi connectivity index (χ2v) is 6.77. The molecule has 0 amide bonds. The van der Waals surface area contributed by atoms with Crippen molar-refractivity contribution in [3.63, 3.8) is 0 Å². The lowest BCUT2D eigenvalue weighted by molar-refractivity contribution is -0.139. The van der Waals surface area contributed by atoms with E-state index < -0.39 is 26.3 Å². The third kappa shape index (κ3) is 2.65. The third-order valence-corrected chi connectivity index (χ3v) is 5.03. The number of hydrogen-bond acceptors (Lipinski definition) is 5. The van der Waals surface area contributed by atoms with Crippen LogP contribution in [-0.2, 0) is 20.4 Å². The first-order valence-electron chi connectivity index (χ1n) is 5.01. The fourth-order valence-electron chi connectivity index (χ4n) is 1.16. The summed E-state index contributed by atoms with van der Waals surface area (Å²) in [5, 5.41) is 17.6. The second kappa shape index (κ2) is 4.74. The van der Waals surface area contributed by atoms with E-state index in [0.717, 1.165) is 13.8 Å². The summed E-state index contributed by atoms with van der Waals surface area (Å²) in [6, 6.07) is 4.56. The summed E-state index contributed by atoms with van der Waals surface area (Å²) in [6.07, 6.45) is 1.32. The number of carboxylic acid groups (broad SMARTS) is 1. The van der Waals surface area contributed by atoms with Gasteiger partial charge in [0.05, 0.1) is 5.75 Å². The summed E-state index contributed by atoms with van der Waals surface area (Å²) in [4.78, 5) is 14.7. The van der Waals surface area contributed by atoms with Crippen molar-refractivity contribution in [2.24, 2.45) is 0 Å². The van der Waals surface area contributed by atoms with Crippen LogP contribution in [0.1, 0.15) is 25.1 Å². The minimum atomic E-state index is -3.87. The lowest BCUT2D eigenvalue weighted by Crippen LogP contribution is -2.41. The molecule has 1 aromatic rings. The van der Waals surface area contributed by atoms with Crippen LogP contribution < -0.4 is 0 Å². The van der Waals surface area contributed by atoms with Crippen LogP contribution in [0.5, 0.6) is 0 Å². The van der Waals surface area contributed by atoms with Crippen molar-refractivity contribution in [1.29, 1.82) is 5.26 Å². The summed E-state index contributed by atoms with van der Waals surface area (Å²) in [6.45, 7) is 2.27. The van der Waals surface area contributed by atoms with Gasteiger partial charge in [-0.1, -0.05) is 0 Å². The molecule has 0 radical (unpaired) electrons. The first-order chi connectivity index (χ1) is 8.20. The minimum absolute atomic E-state index is 0.0934. The zero-order valence-electron chi connectivity index (χ0n) is 9.91. The predicted molar refractivity (Wildman–Crippen MR) is 63.3 cm³/mol. The SMILES string of the molecule is CC(C)(C(=O)O)S(=O)(=O)Cc1ccnc(C#N)c1. The predicted octanol–water partition coefficient (Wildman–Crippen LogP) is 0.731. The Labute approximate surface area is 105 Å². The van der Waals surface area contributed by atoms with Crippen LogP contribution in [0, 0.1) is 11.3 Å². The van der Waals surface area contributed by atoms with E-state index in [2.05, 4.69) is 4.98 Å². The third-order valence-electron chi connectivity index (χ3n) is 2.59. The van der Waals surface area contributed by atoms with Gasteiger partial charge in [-0.3, -0.25) is 4.79 Å². The zero-order chi connectivity index (χ0) is 14.0. The molecule has 0 aliphatic rings. The minimum Gasteiger partial charge on any atom is -0.480 e. The van der Waals surface area contributed by atoms with Gasteiger partial charge in [0, 0.05) is 6.20 Å². The van der Waals surface area contributed by atoms with Gasteiger partial charge in [0.15, 0.2) is 14.6 Å². The molecule has 0 saturated carbocycles. The maximum absolute atomic E-state index is 12.0. The molecule has 1 N–H and O–H groups in total. The van der Waals surface area contributed by atoms with E-state index in [0.29, 0.717) is 5.56 Å². The lowest BCUT2D eigenvalue weighted by atomic mass is 10.2. The number of pyridine rings is 1. The number of aromatic nitrogens is 1. The van der Waals surface area contributed by atoms with Crippen molar-refractivity contribution in [1.82, 2.24) is 4.98 Å². The molecule has 18 heavy (non-hydrogen) atoms. The molecule has 1 rings (SSSR count). The standard InChI is InChI=1S/C11H12N2O4S/c1-11(2,10(14)15)18(16,17)7-8-3-4-13-9(5-8)6-12/h3-5H,7H2,1-2H3,(H,14,15). The molecule has 0 saturated heterocycles. The van der Waals surface area contributed by atoms with E-state index in [1.165, 1.54) is 18.3 Å². The monoisotopic (exact) mass is 268 g/mol. The van der Waals surface area contributed by atoms with Crippen molar-refractivity contribution in [2.75, 3.05) is 0 Å². The van der Waals surface area contributed by atoms with Gasteiger partial charge in [-0.05, 0) is 31.5 Å². The van der Waals surface area contributed by atoms with Crippen LogP contribution >= 0.6 is 0 Å². The summed E-state index contributed by atoms with van der Waals surface area (Å²) in [7, 11) is -3.87. The molecule has 6 nitrogen and oxygen atoms in total. The molecule has 0 spiro atoms. The Balaban J connectivity index is 3.11. The Morgan fingerprint density at radius 1 is 1.56 bits per heavy atom. The highest BCUT2D eigenvalue weighted by Gasteiger charge is 2.41. The normalized spacial score (nSPS) is 11.8. The van der Waals surface area contributed by atoms with Crippen molar-refractivity contribution in [3.8, 4) is 6.07 Å². The molecular weight excluding hydrogens is 256 g/mol. The van der Waals surface area contributed by atoms with E-state index in [-0.39, 0.29) is 5.69 Å². The number of hydrogen-bond donors (Lipinski definition) is 1. The van der Waals surface area contributed by atoms with Gasteiger partial charge < -0.3 is 5.11 Å². The second-order valence-electron chi connectivity index (χ2n) is 4.24. The van der Waals surface area contributed by atoms with Crippen molar-refractivity contribution in [2.45, 2.75) is 24.3 Å². The van der Waals surface area contributed by atoms with Crippen LogP contribution in [-0.4, -0.2) is 29.2 Å². The zero-order valence-corrected chi connectivity index (χ0v) is 10.7. The van der Waals surface area contributed by atoms with Crippen LogP contribution in [0.3, 0.4) is 0 Å². The number of nitrogens with zero attached hydrogens (tertiary/aromatic N) is 2. The summed E-state index contributed by atoms with van der Waals surface area (Å²) >= 11 is 0. The molecule has 1 aromatic heterocycles. The van der Waals surface area contributed by atoms with Gasteiger partial charge in [-0.15, -0.1) is 0 Å². The van der Waals surface area contributed by atoms with Crippen molar-refractivity contribution in [3.05, 3.63) is 29.6 Å². The maximum Gasteiger partial charge on any atom is 0.324 e. The Kier molecular flexibility index (Phi) is 3.72. The molecule has 0 aliphatic heterocycles. The van der Waals surface area contributed by atoms with E-state index in [9.17, 15) is 13.2 Å². The molecule has 7 heteroatoms. The summed E-state index contributed by atoms with van der Waals surface area (Å²) in [5.41, 5.74) is 0.437. The fraction of sp³-hybridized carbons (Fsp3) is 0.364. The molecular formula is C11H12N2O4S. The van der Waals surface area contributed by atoms with Gasteiger partial charge in [-0.2, -0.15) is 5.26 Å². The average Bonchev–Trinajstić information content (AvgIpc) is 2.28. The van der Waals surface area contributed by atoms with Crippen LogP contribution in [0.25, 0.3) is 0 Å². The Hall–Kier alpha value is -1.94. The van der Waals surface area contributed by atoms with E-state index in [1.807, 2.05) is 0 Å². The van der Waals surface area contributed by atoms with Gasteiger partial charge in [0.1, 0.15) is 11.8 Å². The number of rotatable bonds is 4. The molecule has 96 valence electrons. The number of carbonyl (C=O) groups is 1. The van der Waals surface area contributed by atoms with Gasteiger partial charge >= 0.3 is 5.97 Å². The first-order valence-corrected chi connectivity index (χ1v) is 6.66. The van der Waals surface area contributed by atoms with Gasteiger partial charge in [-0.25, -0.2) is 13.4 Å². The fourth-order valence-corrected chi connectivity index (χ4v) is 2.40. The molecule has 1 heterocycles. The number of nitriles is 1. The first kappa shape index (κ1) is 14.1. The summed E-state index contributed by atoms with van der Waals surface area (Å²) in [5.74, 6) is -1.85. The van der Waals surface area contributed by atoms with Crippen LogP contribution in [0.2, 0.25) is 0 Å². The quantitative estimate of drug-likeness (QED) is 0.862. The van der Waals surface area contributed by atoms with Crippen molar-refractivity contribution < 1.29 is 18.3 Å². The van der Waals surface area contributed by atoms with Crippen molar-refractivity contribution >= 4 is 15.8 Å². The van der Waals surface area contributed by atoms with Gasteiger partial charge in [0.2, 0.25) is 0 Å². The molecule has 0 atom stereocenters. The largest absolute Gasteiger partial charge is 0.480 e. The smallest absolute Gasteiger partial charge is 0.324 e. The lowest BCUT2D eigenvalue weighted by Gasteiger charge is -2.19. The van der Waals surface area contributed by atoms with Crippen LogP contribution in [0.4, 0.5) is 0 Å². The number of sulfone groups is 1. The Morgan fingerprint density at radius 2 is 2.17 bits per heavy atom. The Morgan fingerprint density at radius 3 is 2.67 bits per heavy atom. The summed E-state index contributed by atoms with van der Waals surface area (Å²) < 4.78 is 22.1. The molecule has 0 aliphatic carbocycles. The molecule has 0 unspecified atom stereocenters. The van der Waals surface area contributed by atoms with E-state index in [1.54, 1.807) is 6.07 Å². The topological polar surface area (TPSA) is 108 Å². The number of aliphatic carboxylic acids is 1. The average molecular weight is 268 g/mol. The van der Waals surface area contributed by atoms with Gasteiger partial charge in [0.25, 0.3) is 0 Å². The highest BCUT2D eigenvalue weighted by atomic mass is 32.2. The van der Waals surface area contributed by atoms with E-state index in [4.69, 9.17) is 10.4 Å². The molecule has 0 fully saturated rings. The maximum atomic E-state index is 12.0.